The Labute approximate surface area is 125 Å². The third-order valence-electron chi connectivity index (χ3n) is 3.51. The minimum absolute atomic E-state index is 0.604. The van der Waals surface area contributed by atoms with Gasteiger partial charge in [0.1, 0.15) is 5.75 Å². The molecule has 0 saturated heterocycles. The maximum absolute atomic E-state index is 10.6. The average molecular weight is 291 g/mol. The lowest BCUT2D eigenvalue weighted by molar-refractivity contribution is 0.0482. The predicted octanol–water partition coefficient (Wildman–Crippen LogP) is 4.19. The van der Waals surface area contributed by atoms with E-state index in [1.807, 2.05) is 42.5 Å². The van der Waals surface area contributed by atoms with E-state index in [4.69, 9.17) is 16.3 Å². The van der Waals surface area contributed by atoms with Gasteiger partial charge in [0.25, 0.3) is 0 Å². The standard InChI is InChI=1S/C17H19ClO2/c1-17(19,15-5-3-4-6-16(15)18)12-11-13-7-9-14(20-2)10-8-13/h3-10,19H,11-12H2,1-2H3. The normalized spacial score (nSPS) is 13.8. The molecular formula is C17H19ClO2. The molecule has 0 saturated carbocycles. The molecule has 0 aliphatic heterocycles. The van der Waals surface area contributed by atoms with Gasteiger partial charge in [-0.2, -0.15) is 0 Å². The Morgan fingerprint density at radius 3 is 2.35 bits per heavy atom. The lowest BCUT2D eigenvalue weighted by Gasteiger charge is -2.25. The molecular weight excluding hydrogens is 272 g/mol. The second-order valence-corrected chi connectivity index (χ2v) is 5.51. The van der Waals surface area contributed by atoms with E-state index in [9.17, 15) is 5.11 Å². The molecule has 1 unspecified atom stereocenters. The number of ether oxygens (including phenoxy) is 1. The van der Waals surface area contributed by atoms with Gasteiger partial charge in [0.2, 0.25) is 0 Å². The van der Waals surface area contributed by atoms with Crippen molar-refractivity contribution in [3.8, 4) is 5.75 Å². The molecule has 1 N–H and O–H groups in total. The zero-order valence-corrected chi connectivity index (χ0v) is 12.5. The maximum Gasteiger partial charge on any atom is 0.118 e. The number of hydrogen-bond acceptors (Lipinski definition) is 2. The van der Waals surface area contributed by atoms with Crippen molar-refractivity contribution in [1.82, 2.24) is 0 Å². The van der Waals surface area contributed by atoms with Crippen molar-refractivity contribution in [2.45, 2.75) is 25.4 Å². The molecule has 0 heterocycles. The Morgan fingerprint density at radius 1 is 1.10 bits per heavy atom. The molecule has 0 bridgehead atoms. The fourth-order valence-electron chi connectivity index (χ4n) is 2.21. The highest BCUT2D eigenvalue weighted by atomic mass is 35.5. The zero-order valence-electron chi connectivity index (χ0n) is 11.8. The Kier molecular flexibility index (Phi) is 4.69. The summed E-state index contributed by atoms with van der Waals surface area (Å²) in [7, 11) is 1.65. The molecule has 2 nitrogen and oxygen atoms in total. The first-order valence-corrected chi connectivity index (χ1v) is 7.01. The molecule has 2 aromatic rings. The highest BCUT2D eigenvalue weighted by Crippen LogP contribution is 2.31. The summed E-state index contributed by atoms with van der Waals surface area (Å²) < 4.78 is 5.13. The predicted molar refractivity (Wildman–Crippen MR) is 82.3 cm³/mol. The van der Waals surface area contributed by atoms with Crippen molar-refractivity contribution in [1.29, 1.82) is 0 Å². The SMILES string of the molecule is COc1ccc(CCC(C)(O)c2ccccc2Cl)cc1. The van der Waals surface area contributed by atoms with E-state index in [-0.39, 0.29) is 0 Å². The molecule has 3 heteroatoms. The summed E-state index contributed by atoms with van der Waals surface area (Å²) in [5, 5.41) is 11.2. The van der Waals surface area contributed by atoms with Crippen LogP contribution in [0.5, 0.6) is 5.75 Å². The summed E-state index contributed by atoms with van der Waals surface area (Å²) in [6.45, 7) is 1.80. The number of methoxy groups -OCH3 is 1. The molecule has 0 aliphatic rings. The first-order chi connectivity index (χ1) is 9.53. The second-order valence-electron chi connectivity index (χ2n) is 5.10. The Hall–Kier alpha value is -1.51. The molecule has 1 atom stereocenters. The van der Waals surface area contributed by atoms with Crippen LogP contribution in [-0.4, -0.2) is 12.2 Å². The lowest BCUT2D eigenvalue weighted by Crippen LogP contribution is -2.22. The summed E-state index contributed by atoms with van der Waals surface area (Å²) in [6.07, 6.45) is 1.39. The number of rotatable bonds is 5. The largest absolute Gasteiger partial charge is 0.497 e. The molecule has 2 rings (SSSR count). The van der Waals surface area contributed by atoms with Crippen molar-refractivity contribution in [3.05, 3.63) is 64.7 Å². The van der Waals surface area contributed by atoms with Crippen molar-refractivity contribution in [2.75, 3.05) is 7.11 Å². The lowest BCUT2D eigenvalue weighted by atomic mass is 9.89. The first kappa shape index (κ1) is 14.9. The summed E-state index contributed by atoms with van der Waals surface area (Å²) in [5.74, 6) is 0.839. The minimum atomic E-state index is -0.932. The van der Waals surface area contributed by atoms with Crippen molar-refractivity contribution >= 4 is 11.6 Å². The van der Waals surface area contributed by atoms with Crippen LogP contribution >= 0.6 is 11.6 Å². The van der Waals surface area contributed by atoms with Crippen molar-refractivity contribution in [2.24, 2.45) is 0 Å². The van der Waals surface area contributed by atoms with Gasteiger partial charge in [0, 0.05) is 10.6 Å². The van der Waals surface area contributed by atoms with Gasteiger partial charge >= 0.3 is 0 Å². The van der Waals surface area contributed by atoms with E-state index in [1.165, 1.54) is 0 Å². The molecule has 20 heavy (non-hydrogen) atoms. The van der Waals surface area contributed by atoms with Crippen molar-refractivity contribution in [3.63, 3.8) is 0 Å². The molecule has 0 radical (unpaired) electrons. The van der Waals surface area contributed by atoms with Gasteiger partial charge < -0.3 is 9.84 Å². The minimum Gasteiger partial charge on any atom is -0.497 e. The Bertz CT molecular complexity index is 561. The molecule has 106 valence electrons. The van der Waals surface area contributed by atoms with Crippen LogP contribution in [0.1, 0.15) is 24.5 Å². The van der Waals surface area contributed by atoms with E-state index in [1.54, 1.807) is 20.1 Å². The van der Waals surface area contributed by atoms with Gasteiger partial charge in [-0.1, -0.05) is 41.9 Å². The van der Waals surface area contributed by atoms with E-state index in [0.717, 1.165) is 23.3 Å². The van der Waals surface area contributed by atoms with Crippen LogP contribution in [-0.2, 0) is 12.0 Å². The number of aliphatic hydroxyl groups is 1. The smallest absolute Gasteiger partial charge is 0.118 e. The van der Waals surface area contributed by atoms with Crippen LogP contribution in [0.2, 0.25) is 5.02 Å². The van der Waals surface area contributed by atoms with Crippen LogP contribution in [0.25, 0.3) is 0 Å². The first-order valence-electron chi connectivity index (χ1n) is 6.63. The number of benzene rings is 2. The van der Waals surface area contributed by atoms with Gasteiger partial charge in [-0.3, -0.25) is 0 Å². The summed E-state index contributed by atoms with van der Waals surface area (Å²) in [6, 6.07) is 15.3. The molecule has 0 aliphatic carbocycles. The molecule has 0 fully saturated rings. The van der Waals surface area contributed by atoms with E-state index in [2.05, 4.69) is 0 Å². The molecule has 0 spiro atoms. The Morgan fingerprint density at radius 2 is 1.75 bits per heavy atom. The van der Waals surface area contributed by atoms with Gasteiger partial charge in [0.05, 0.1) is 12.7 Å². The van der Waals surface area contributed by atoms with Gasteiger partial charge in [-0.05, 0) is 43.5 Å². The second kappa shape index (κ2) is 6.29. The zero-order chi connectivity index (χ0) is 14.6. The summed E-state index contributed by atoms with van der Waals surface area (Å²) >= 11 is 6.15. The fourth-order valence-corrected chi connectivity index (χ4v) is 2.55. The topological polar surface area (TPSA) is 29.5 Å². The third kappa shape index (κ3) is 3.53. The number of halogens is 1. The monoisotopic (exact) mass is 290 g/mol. The van der Waals surface area contributed by atoms with Gasteiger partial charge in [-0.25, -0.2) is 0 Å². The number of hydrogen-bond donors (Lipinski definition) is 1. The van der Waals surface area contributed by atoms with Crippen LogP contribution in [0, 0.1) is 0 Å². The number of aryl methyl sites for hydroxylation is 1. The molecule has 2 aromatic carbocycles. The van der Waals surface area contributed by atoms with E-state index >= 15 is 0 Å². The van der Waals surface area contributed by atoms with Crippen LogP contribution in [0.15, 0.2) is 48.5 Å². The molecule has 0 aromatic heterocycles. The molecule has 0 amide bonds. The maximum atomic E-state index is 10.6. The summed E-state index contributed by atoms with van der Waals surface area (Å²) in [5.41, 5.74) is 1.01. The van der Waals surface area contributed by atoms with Crippen LogP contribution in [0.4, 0.5) is 0 Å². The van der Waals surface area contributed by atoms with E-state index in [0.29, 0.717) is 11.4 Å². The third-order valence-corrected chi connectivity index (χ3v) is 3.84. The van der Waals surface area contributed by atoms with Crippen LogP contribution < -0.4 is 4.74 Å². The summed E-state index contributed by atoms with van der Waals surface area (Å²) in [4.78, 5) is 0. The average Bonchev–Trinajstić information content (AvgIpc) is 2.46. The quantitative estimate of drug-likeness (QED) is 0.895. The van der Waals surface area contributed by atoms with Crippen LogP contribution in [0.3, 0.4) is 0 Å². The highest BCUT2D eigenvalue weighted by molar-refractivity contribution is 6.31. The van der Waals surface area contributed by atoms with Crippen molar-refractivity contribution < 1.29 is 9.84 Å². The van der Waals surface area contributed by atoms with Gasteiger partial charge in [-0.15, -0.1) is 0 Å². The van der Waals surface area contributed by atoms with E-state index < -0.39 is 5.60 Å². The van der Waals surface area contributed by atoms with Gasteiger partial charge in [0.15, 0.2) is 0 Å². The Balaban J connectivity index is 2.07. The highest BCUT2D eigenvalue weighted by Gasteiger charge is 2.24. The fraction of sp³-hybridized carbons (Fsp3) is 0.294.